The van der Waals surface area contributed by atoms with E-state index in [-0.39, 0.29) is 12.2 Å². The second-order valence-electron chi connectivity index (χ2n) is 9.26. The van der Waals surface area contributed by atoms with Crippen molar-refractivity contribution in [2.24, 2.45) is 0 Å². The Labute approximate surface area is 181 Å². The van der Waals surface area contributed by atoms with Gasteiger partial charge in [0, 0.05) is 32.8 Å². The first-order chi connectivity index (χ1) is 14.0. The predicted molar refractivity (Wildman–Crippen MR) is 116 cm³/mol. The van der Waals surface area contributed by atoms with E-state index in [1.165, 1.54) is 0 Å². The molecular weight excluding hydrogens is 388 g/mol. The monoisotopic (exact) mass is 428 g/mol. The predicted octanol–water partition coefficient (Wildman–Crippen LogP) is 3.84. The zero-order valence-corrected chi connectivity index (χ0v) is 19.6. The molecule has 0 aromatic heterocycles. The Bertz CT molecular complexity index is 543. The lowest BCUT2D eigenvalue weighted by Crippen LogP contribution is -2.40. The van der Waals surface area contributed by atoms with Gasteiger partial charge in [-0.15, -0.1) is 0 Å². The van der Waals surface area contributed by atoms with Crippen LogP contribution in [0.4, 0.5) is 9.59 Å². The SMILES string of the molecule is CC(C)(C)OC(=O)N1C/C=C\COCC1.CC(C)(C)OC(=O)N1CCCCOCC1. The first-order valence-electron chi connectivity index (χ1n) is 10.7. The van der Waals surface area contributed by atoms with Crippen molar-refractivity contribution in [2.75, 3.05) is 52.6 Å². The Morgan fingerprint density at radius 2 is 1.30 bits per heavy atom. The van der Waals surface area contributed by atoms with E-state index < -0.39 is 11.2 Å². The molecule has 0 unspecified atom stereocenters. The summed E-state index contributed by atoms with van der Waals surface area (Å²) in [5, 5.41) is 0. The van der Waals surface area contributed by atoms with Crippen molar-refractivity contribution in [1.82, 2.24) is 9.80 Å². The summed E-state index contributed by atoms with van der Waals surface area (Å²) in [5.74, 6) is 0. The molecule has 0 N–H and O–H groups in total. The van der Waals surface area contributed by atoms with Crippen molar-refractivity contribution in [1.29, 1.82) is 0 Å². The standard InChI is InChI=1S/C11H21NO3.C11H19NO3/c2*1-11(2,3)15-10(13)12-6-4-5-8-14-9-7-12/h4-9H2,1-3H3;4-5H,6-9H2,1-3H3/b;5-4-. The van der Waals surface area contributed by atoms with Gasteiger partial charge < -0.3 is 28.7 Å². The molecule has 0 atom stereocenters. The Balaban J connectivity index is 0.000000300. The van der Waals surface area contributed by atoms with Crippen molar-refractivity contribution in [3.05, 3.63) is 12.2 Å². The number of hydrogen-bond donors (Lipinski definition) is 0. The van der Waals surface area contributed by atoms with Gasteiger partial charge in [0.25, 0.3) is 0 Å². The highest BCUT2D eigenvalue weighted by Crippen LogP contribution is 2.12. The van der Waals surface area contributed by atoms with Crippen LogP contribution in [0.1, 0.15) is 54.4 Å². The number of hydrogen-bond acceptors (Lipinski definition) is 6. The summed E-state index contributed by atoms with van der Waals surface area (Å²) >= 11 is 0. The van der Waals surface area contributed by atoms with Crippen LogP contribution in [0, 0.1) is 0 Å². The molecule has 0 bridgehead atoms. The summed E-state index contributed by atoms with van der Waals surface area (Å²) in [7, 11) is 0. The van der Waals surface area contributed by atoms with E-state index in [9.17, 15) is 9.59 Å². The van der Waals surface area contributed by atoms with E-state index in [4.69, 9.17) is 18.9 Å². The minimum Gasteiger partial charge on any atom is -0.444 e. The van der Waals surface area contributed by atoms with Crippen molar-refractivity contribution in [3.63, 3.8) is 0 Å². The molecular formula is C22H40N2O6. The fourth-order valence-electron chi connectivity index (χ4n) is 2.58. The molecule has 8 nitrogen and oxygen atoms in total. The largest absolute Gasteiger partial charge is 0.444 e. The first kappa shape index (κ1) is 26.2. The van der Waals surface area contributed by atoms with Gasteiger partial charge in [0.1, 0.15) is 11.2 Å². The van der Waals surface area contributed by atoms with Crippen LogP contribution < -0.4 is 0 Å². The maximum absolute atomic E-state index is 11.7. The van der Waals surface area contributed by atoms with Gasteiger partial charge in [-0.2, -0.15) is 0 Å². The molecule has 30 heavy (non-hydrogen) atoms. The normalized spacial score (nSPS) is 19.8. The third kappa shape index (κ3) is 12.7. The quantitative estimate of drug-likeness (QED) is 0.546. The van der Waals surface area contributed by atoms with Crippen LogP contribution in [0.15, 0.2) is 12.2 Å². The van der Waals surface area contributed by atoms with E-state index >= 15 is 0 Å². The zero-order valence-electron chi connectivity index (χ0n) is 19.6. The molecule has 0 aromatic carbocycles. The highest BCUT2D eigenvalue weighted by molar-refractivity contribution is 5.68. The number of carbonyl (C=O) groups excluding carboxylic acids is 2. The van der Waals surface area contributed by atoms with E-state index in [0.717, 1.165) is 26.0 Å². The lowest BCUT2D eigenvalue weighted by atomic mass is 10.2. The molecule has 8 heteroatoms. The third-order valence-corrected chi connectivity index (χ3v) is 3.99. The van der Waals surface area contributed by atoms with Crippen LogP contribution in [-0.4, -0.2) is 85.8 Å². The van der Waals surface area contributed by atoms with Crippen LogP contribution in [0.25, 0.3) is 0 Å². The lowest BCUT2D eigenvalue weighted by molar-refractivity contribution is 0.0118. The molecule has 1 saturated heterocycles. The van der Waals surface area contributed by atoms with Gasteiger partial charge >= 0.3 is 12.2 Å². The molecule has 2 aliphatic rings. The Kier molecular flexibility index (Phi) is 11.2. The van der Waals surface area contributed by atoms with Crippen LogP contribution in [0.2, 0.25) is 0 Å². The van der Waals surface area contributed by atoms with Crippen LogP contribution >= 0.6 is 0 Å². The van der Waals surface area contributed by atoms with Crippen LogP contribution in [0.5, 0.6) is 0 Å². The molecule has 0 radical (unpaired) electrons. The lowest BCUT2D eigenvalue weighted by Gasteiger charge is -2.28. The topological polar surface area (TPSA) is 77.5 Å². The van der Waals surface area contributed by atoms with E-state index in [1.807, 2.05) is 53.7 Å². The molecule has 174 valence electrons. The molecule has 0 saturated carbocycles. The molecule has 0 spiro atoms. The van der Waals surface area contributed by atoms with Gasteiger partial charge in [-0.05, 0) is 54.4 Å². The number of rotatable bonds is 0. The van der Waals surface area contributed by atoms with E-state index in [0.29, 0.717) is 39.5 Å². The van der Waals surface area contributed by atoms with Crippen molar-refractivity contribution >= 4 is 12.2 Å². The second kappa shape index (κ2) is 12.8. The molecule has 2 amide bonds. The minimum absolute atomic E-state index is 0.229. The Morgan fingerprint density at radius 1 is 0.733 bits per heavy atom. The summed E-state index contributed by atoms with van der Waals surface area (Å²) in [6.45, 7) is 16.4. The van der Waals surface area contributed by atoms with Gasteiger partial charge in [-0.1, -0.05) is 12.2 Å². The average molecular weight is 429 g/mol. The minimum atomic E-state index is -0.440. The summed E-state index contributed by atoms with van der Waals surface area (Å²) in [6, 6.07) is 0. The number of nitrogens with zero attached hydrogens (tertiary/aromatic N) is 2. The second-order valence-corrected chi connectivity index (χ2v) is 9.26. The summed E-state index contributed by atoms with van der Waals surface area (Å²) in [4.78, 5) is 26.8. The molecule has 2 aliphatic heterocycles. The third-order valence-electron chi connectivity index (χ3n) is 3.99. The smallest absolute Gasteiger partial charge is 0.410 e. The van der Waals surface area contributed by atoms with Crippen molar-refractivity contribution < 1.29 is 28.5 Å². The molecule has 2 heterocycles. The van der Waals surface area contributed by atoms with Gasteiger partial charge in [0.2, 0.25) is 0 Å². The van der Waals surface area contributed by atoms with E-state index in [1.54, 1.807) is 9.80 Å². The number of amides is 2. The van der Waals surface area contributed by atoms with Crippen LogP contribution in [-0.2, 0) is 18.9 Å². The fourth-order valence-corrected chi connectivity index (χ4v) is 2.58. The maximum Gasteiger partial charge on any atom is 0.410 e. The highest BCUT2D eigenvalue weighted by atomic mass is 16.6. The Hall–Kier alpha value is -1.80. The van der Waals surface area contributed by atoms with Crippen molar-refractivity contribution in [2.45, 2.75) is 65.6 Å². The average Bonchev–Trinajstić information content (AvgIpc) is 2.51. The molecule has 1 fully saturated rings. The number of ether oxygens (including phenoxy) is 4. The molecule has 0 aromatic rings. The molecule has 0 aliphatic carbocycles. The van der Waals surface area contributed by atoms with E-state index in [2.05, 4.69) is 0 Å². The van der Waals surface area contributed by atoms with Gasteiger partial charge in [-0.3, -0.25) is 0 Å². The van der Waals surface area contributed by atoms with Crippen molar-refractivity contribution in [3.8, 4) is 0 Å². The zero-order chi connectivity index (χ0) is 22.6. The molecule has 2 rings (SSSR count). The van der Waals surface area contributed by atoms with Gasteiger partial charge in [-0.25, -0.2) is 9.59 Å². The summed E-state index contributed by atoms with van der Waals surface area (Å²) in [6.07, 6.45) is 5.32. The van der Waals surface area contributed by atoms with Gasteiger partial charge in [0.05, 0.1) is 19.8 Å². The highest BCUT2D eigenvalue weighted by Gasteiger charge is 2.23. The van der Waals surface area contributed by atoms with Gasteiger partial charge in [0.15, 0.2) is 0 Å². The fraction of sp³-hybridized carbons (Fsp3) is 0.818. The summed E-state index contributed by atoms with van der Waals surface area (Å²) in [5.41, 5.74) is -0.857. The maximum atomic E-state index is 11.7. The summed E-state index contributed by atoms with van der Waals surface area (Å²) < 4.78 is 21.2. The first-order valence-corrected chi connectivity index (χ1v) is 10.7. The number of carbonyl (C=O) groups is 2. The van der Waals surface area contributed by atoms with Crippen LogP contribution in [0.3, 0.4) is 0 Å². The Morgan fingerprint density at radius 3 is 1.93 bits per heavy atom.